The Kier molecular flexibility index (Phi) is 7.61. The highest BCUT2D eigenvalue weighted by atomic mass is 16.5. The fourth-order valence-electron chi connectivity index (χ4n) is 2.80. The van der Waals surface area contributed by atoms with Crippen molar-refractivity contribution in [2.24, 2.45) is 5.92 Å². The Bertz CT molecular complexity index is 826. The second-order valence-electron chi connectivity index (χ2n) is 7.03. The van der Waals surface area contributed by atoms with E-state index < -0.39 is 5.97 Å². The van der Waals surface area contributed by atoms with E-state index >= 15 is 0 Å². The van der Waals surface area contributed by atoms with Crippen LogP contribution in [0.4, 0.5) is 0 Å². The molecule has 0 atom stereocenters. The van der Waals surface area contributed by atoms with Gasteiger partial charge in [0.15, 0.2) is 5.89 Å². The van der Waals surface area contributed by atoms with E-state index in [2.05, 4.69) is 10.3 Å². The largest absolute Gasteiger partial charge is 0.493 e. The van der Waals surface area contributed by atoms with Gasteiger partial charge in [-0.2, -0.15) is 0 Å². The molecule has 0 radical (unpaired) electrons. The number of benzene rings is 1. The molecule has 0 aliphatic heterocycles. The van der Waals surface area contributed by atoms with Crippen LogP contribution in [0, 0.1) is 19.8 Å². The second kappa shape index (κ2) is 9.92. The second-order valence-corrected chi connectivity index (χ2v) is 7.03. The molecule has 2 rings (SSSR count). The van der Waals surface area contributed by atoms with Gasteiger partial charge in [0.25, 0.3) is 0 Å². The van der Waals surface area contributed by atoms with Crippen LogP contribution in [0.15, 0.2) is 22.6 Å². The number of amides is 1. The minimum atomic E-state index is -0.851. The summed E-state index contributed by atoms with van der Waals surface area (Å²) >= 11 is 0. The zero-order valence-electron chi connectivity index (χ0n) is 16.9. The summed E-state index contributed by atoms with van der Waals surface area (Å²) in [5.41, 5.74) is 2.63. The number of carbonyl (C=O) groups excluding carboxylic acids is 1. The predicted molar refractivity (Wildman–Crippen MR) is 104 cm³/mol. The molecule has 0 aliphatic rings. The van der Waals surface area contributed by atoms with Gasteiger partial charge in [-0.1, -0.05) is 19.9 Å². The Hall–Kier alpha value is -2.83. The van der Waals surface area contributed by atoms with Gasteiger partial charge in [-0.3, -0.25) is 9.59 Å². The number of carboxylic acids is 1. The van der Waals surface area contributed by atoms with Crippen molar-refractivity contribution in [1.29, 1.82) is 0 Å². The third-order valence-electron chi connectivity index (χ3n) is 4.37. The van der Waals surface area contributed by atoms with Gasteiger partial charge < -0.3 is 19.6 Å². The van der Waals surface area contributed by atoms with E-state index in [9.17, 15) is 9.59 Å². The Morgan fingerprint density at radius 1 is 1.21 bits per heavy atom. The van der Waals surface area contributed by atoms with Crippen LogP contribution in [0.3, 0.4) is 0 Å². The molecule has 1 heterocycles. The molecule has 2 aromatic rings. The molecular formula is C21H28N2O5. The molecule has 1 aromatic carbocycles. The van der Waals surface area contributed by atoms with Crippen LogP contribution in [0.5, 0.6) is 5.75 Å². The highest BCUT2D eigenvalue weighted by Crippen LogP contribution is 2.20. The van der Waals surface area contributed by atoms with Gasteiger partial charge in [0.2, 0.25) is 5.91 Å². The highest BCUT2D eigenvalue weighted by Gasteiger charge is 2.12. The Labute approximate surface area is 165 Å². The molecule has 0 bridgehead atoms. The lowest BCUT2D eigenvalue weighted by Crippen LogP contribution is -2.27. The van der Waals surface area contributed by atoms with Gasteiger partial charge in [0.1, 0.15) is 11.5 Å². The average Bonchev–Trinajstić information content (AvgIpc) is 2.95. The van der Waals surface area contributed by atoms with Gasteiger partial charge in [-0.05, 0) is 36.6 Å². The van der Waals surface area contributed by atoms with Crippen molar-refractivity contribution in [3.8, 4) is 5.75 Å². The number of carboxylic acid groups (broad SMARTS) is 1. The first kappa shape index (κ1) is 21.5. The summed E-state index contributed by atoms with van der Waals surface area (Å²) in [5.74, 6) is 1.09. The van der Waals surface area contributed by atoms with Crippen molar-refractivity contribution in [3.05, 3.63) is 46.7 Å². The Morgan fingerprint density at radius 3 is 2.57 bits per heavy atom. The fraction of sp³-hybridized carbons (Fsp3) is 0.476. The summed E-state index contributed by atoms with van der Waals surface area (Å²) in [6.45, 7) is 8.12. The summed E-state index contributed by atoms with van der Waals surface area (Å²) in [5, 5.41) is 11.8. The maximum Gasteiger partial charge on any atom is 0.303 e. The summed E-state index contributed by atoms with van der Waals surface area (Å²) in [6.07, 6.45) is 1.07. The molecule has 0 fully saturated rings. The van der Waals surface area contributed by atoms with Crippen molar-refractivity contribution in [2.75, 3.05) is 6.61 Å². The molecule has 28 heavy (non-hydrogen) atoms. The number of aryl methyl sites for hydroxylation is 3. The molecule has 7 heteroatoms. The number of ether oxygens (including phenoxy) is 1. The van der Waals surface area contributed by atoms with Crippen LogP contribution < -0.4 is 10.1 Å². The topological polar surface area (TPSA) is 102 Å². The molecule has 1 amide bonds. The van der Waals surface area contributed by atoms with Crippen molar-refractivity contribution in [1.82, 2.24) is 10.3 Å². The molecule has 2 N–H and O–H groups in total. The van der Waals surface area contributed by atoms with Gasteiger partial charge in [-0.15, -0.1) is 0 Å². The molecule has 0 saturated heterocycles. The van der Waals surface area contributed by atoms with Crippen LogP contribution in [0.2, 0.25) is 0 Å². The van der Waals surface area contributed by atoms with E-state index in [1.54, 1.807) is 0 Å². The molecule has 0 spiro atoms. The van der Waals surface area contributed by atoms with E-state index in [1.807, 2.05) is 45.9 Å². The minimum absolute atomic E-state index is 0.0378. The summed E-state index contributed by atoms with van der Waals surface area (Å²) in [4.78, 5) is 27.1. The first-order chi connectivity index (χ1) is 13.3. The predicted octanol–water partition coefficient (Wildman–Crippen LogP) is 3.20. The summed E-state index contributed by atoms with van der Waals surface area (Å²) < 4.78 is 11.3. The van der Waals surface area contributed by atoms with Crippen LogP contribution >= 0.6 is 0 Å². The number of nitrogens with zero attached hydrogens (tertiary/aromatic N) is 1. The molecule has 152 valence electrons. The van der Waals surface area contributed by atoms with Crippen LogP contribution in [-0.2, 0) is 29.0 Å². The van der Waals surface area contributed by atoms with Gasteiger partial charge >= 0.3 is 5.97 Å². The van der Waals surface area contributed by atoms with Gasteiger partial charge in [-0.25, -0.2) is 4.98 Å². The molecule has 0 aliphatic carbocycles. The van der Waals surface area contributed by atoms with E-state index in [0.29, 0.717) is 37.6 Å². The Morgan fingerprint density at radius 2 is 1.96 bits per heavy atom. The van der Waals surface area contributed by atoms with Crippen molar-refractivity contribution >= 4 is 11.9 Å². The van der Waals surface area contributed by atoms with Crippen LogP contribution in [-0.4, -0.2) is 28.6 Å². The number of nitrogens with one attached hydrogen (secondary N) is 1. The molecule has 0 unspecified atom stereocenters. The zero-order chi connectivity index (χ0) is 20.7. The lowest BCUT2D eigenvalue weighted by Gasteiger charge is -2.14. The maximum atomic E-state index is 11.9. The van der Waals surface area contributed by atoms with Gasteiger partial charge in [0.05, 0.1) is 12.3 Å². The number of carbonyl (C=O) groups is 2. The monoisotopic (exact) mass is 388 g/mol. The average molecular weight is 388 g/mol. The minimum Gasteiger partial charge on any atom is -0.493 e. The number of aliphatic carboxylic acids is 1. The third kappa shape index (κ3) is 6.40. The quantitative estimate of drug-likeness (QED) is 0.648. The molecule has 0 saturated carbocycles. The molecule has 7 nitrogen and oxygen atoms in total. The highest BCUT2D eigenvalue weighted by molar-refractivity contribution is 5.77. The van der Waals surface area contributed by atoms with E-state index in [0.717, 1.165) is 22.6 Å². The van der Waals surface area contributed by atoms with E-state index in [-0.39, 0.29) is 18.2 Å². The number of oxazole rings is 1. The van der Waals surface area contributed by atoms with Crippen molar-refractivity contribution in [3.63, 3.8) is 0 Å². The lowest BCUT2D eigenvalue weighted by atomic mass is 10.0. The normalized spacial score (nSPS) is 10.9. The third-order valence-corrected chi connectivity index (χ3v) is 4.37. The number of aromatic nitrogens is 1. The van der Waals surface area contributed by atoms with E-state index in [4.69, 9.17) is 14.3 Å². The number of hydrogen-bond acceptors (Lipinski definition) is 5. The first-order valence-electron chi connectivity index (χ1n) is 9.43. The summed E-state index contributed by atoms with van der Waals surface area (Å²) in [7, 11) is 0. The zero-order valence-corrected chi connectivity index (χ0v) is 16.9. The molecule has 1 aromatic heterocycles. The van der Waals surface area contributed by atoms with Gasteiger partial charge in [0, 0.05) is 32.2 Å². The lowest BCUT2D eigenvalue weighted by molar-refractivity contribution is -0.137. The van der Waals surface area contributed by atoms with E-state index in [1.165, 1.54) is 0 Å². The standard InChI is InChI=1S/C21H28N2O5/c1-13(2)21(26)22-12-17-11-18(7-5-16(17)6-8-20(24)25)27-10-9-19-14(3)28-15(4)23-19/h5,7,11,13H,6,8-10,12H2,1-4H3,(H,22,26)(H,24,25). The van der Waals surface area contributed by atoms with Crippen LogP contribution in [0.1, 0.15) is 48.7 Å². The molecular weight excluding hydrogens is 360 g/mol. The summed E-state index contributed by atoms with van der Waals surface area (Å²) in [6, 6.07) is 5.55. The van der Waals surface area contributed by atoms with Crippen molar-refractivity contribution in [2.45, 2.75) is 53.5 Å². The maximum absolute atomic E-state index is 11.9. The number of rotatable bonds is 10. The smallest absolute Gasteiger partial charge is 0.303 e. The number of hydrogen-bond donors (Lipinski definition) is 2. The Balaban J connectivity index is 2.04. The SMILES string of the molecule is Cc1nc(CCOc2ccc(CCC(=O)O)c(CNC(=O)C(C)C)c2)c(C)o1. The van der Waals surface area contributed by atoms with Crippen LogP contribution in [0.25, 0.3) is 0 Å². The van der Waals surface area contributed by atoms with Crippen molar-refractivity contribution < 1.29 is 23.8 Å². The first-order valence-corrected chi connectivity index (χ1v) is 9.43. The fourth-order valence-corrected chi connectivity index (χ4v) is 2.80.